The maximum Gasteiger partial charge on any atom is 0.240 e. The number of amides is 1. The van der Waals surface area contributed by atoms with Gasteiger partial charge in [0, 0.05) is 12.0 Å². The third-order valence-corrected chi connectivity index (χ3v) is 5.95. The average molecular weight is 340 g/mol. The lowest BCUT2D eigenvalue weighted by atomic mass is 9.77. The predicted molar refractivity (Wildman–Crippen MR) is 92.7 cm³/mol. The quantitative estimate of drug-likeness (QED) is 0.859. The molecule has 2 heterocycles. The summed E-state index contributed by atoms with van der Waals surface area (Å²) in [6.07, 6.45) is 2.88. The molecule has 1 fully saturated rings. The van der Waals surface area contributed by atoms with Crippen molar-refractivity contribution in [1.29, 1.82) is 0 Å². The van der Waals surface area contributed by atoms with Crippen molar-refractivity contribution in [2.24, 2.45) is 5.41 Å². The smallest absolute Gasteiger partial charge is 0.240 e. The molecule has 0 aromatic carbocycles. The monoisotopic (exact) mass is 340 g/mol. The van der Waals surface area contributed by atoms with Crippen LogP contribution in [0.25, 0.3) is 0 Å². The highest BCUT2D eigenvalue weighted by Gasteiger charge is 2.32. The molecule has 0 radical (unpaired) electrons. The number of rotatable bonds is 5. The topological polar surface area (TPSA) is 78.4 Å². The average Bonchev–Trinajstić information content (AvgIpc) is 2.97. The number of likely N-dealkylation sites (tertiary alicyclic amines) is 1. The zero-order chi connectivity index (χ0) is 17.1. The lowest BCUT2D eigenvalue weighted by Crippen LogP contribution is -2.44. The second-order valence-electron chi connectivity index (χ2n) is 7.50. The molecule has 1 saturated heterocycles. The van der Waals surface area contributed by atoms with Gasteiger partial charge in [0.1, 0.15) is 5.01 Å². The number of nitrogens with one attached hydrogen (secondary N) is 1. The number of piperidine rings is 1. The molecule has 1 aliphatic rings. The van der Waals surface area contributed by atoms with E-state index in [4.69, 9.17) is 0 Å². The first-order valence-electron chi connectivity index (χ1n) is 8.25. The van der Waals surface area contributed by atoms with Crippen molar-refractivity contribution in [1.82, 2.24) is 15.1 Å². The molecular weight excluding hydrogens is 312 g/mol. The van der Waals surface area contributed by atoms with Crippen LogP contribution in [0.5, 0.6) is 0 Å². The van der Waals surface area contributed by atoms with Crippen LogP contribution in [-0.2, 0) is 10.2 Å². The second kappa shape index (κ2) is 7.23. The van der Waals surface area contributed by atoms with Crippen LogP contribution in [0.1, 0.15) is 52.0 Å². The second-order valence-corrected chi connectivity index (χ2v) is 8.48. The first-order chi connectivity index (χ1) is 10.8. The molecule has 7 heteroatoms. The highest BCUT2D eigenvalue weighted by atomic mass is 32.1. The Bertz CT molecular complexity index is 524. The van der Waals surface area contributed by atoms with Gasteiger partial charge in [-0.05, 0) is 37.8 Å². The van der Waals surface area contributed by atoms with Gasteiger partial charge in [0.2, 0.25) is 11.0 Å². The zero-order valence-corrected chi connectivity index (χ0v) is 15.4. The fourth-order valence-electron chi connectivity index (χ4n) is 2.75. The molecule has 0 spiro atoms. The van der Waals surface area contributed by atoms with E-state index in [2.05, 4.69) is 48.1 Å². The van der Waals surface area contributed by atoms with E-state index >= 15 is 0 Å². The van der Waals surface area contributed by atoms with Crippen LogP contribution in [0.4, 0.5) is 5.13 Å². The van der Waals surface area contributed by atoms with Crippen LogP contribution in [0.15, 0.2) is 0 Å². The normalized spacial score (nSPS) is 18.8. The van der Waals surface area contributed by atoms with Gasteiger partial charge in [-0.2, -0.15) is 0 Å². The Labute approximate surface area is 142 Å². The third kappa shape index (κ3) is 4.71. The van der Waals surface area contributed by atoms with Crippen LogP contribution >= 0.6 is 11.3 Å². The Balaban J connectivity index is 1.83. The highest BCUT2D eigenvalue weighted by molar-refractivity contribution is 7.15. The van der Waals surface area contributed by atoms with Crippen LogP contribution in [0.3, 0.4) is 0 Å². The molecule has 1 aliphatic heterocycles. The summed E-state index contributed by atoms with van der Waals surface area (Å²) in [4.78, 5) is 14.3. The maximum atomic E-state index is 12.2. The van der Waals surface area contributed by atoms with Gasteiger partial charge in [-0.1, -0.05) is 39.0 Å². The molecule has 0 aliphatic carbocycles. The number of hydrogen-bond donors (Lipinski definition) is 2. The van der Waals surface area contributed by atoms with E-state index in [9.17, 15) is 9.90 Å². The van der Waals surface area contributed by atoms with E-state index in [1.807, 2.05) is 0 Å². The molecule has 1 aromatic heterocycles. The number of nitrogens with zero attached hydrogens (tertiary/aromatic N) is 3. The molecule has 1 amide bonds. The van der Waals surface area contributed by atoms with E-state index in [1.54, 1.807) is 0 Å². The summed E-state index contributed by atoms with van der Waals surface area (Å²) in [6.45, 7) is 10.7. The zero-order valence-electron chi connectivity index (χ0n) is 14.6. The van der Waals surface area contributed by atoms with Gasteiger partial charge in [0.15, 0.2) is 0 Å². The number of aliphatic hydroxyl groups excluding tert-OH is 1. The van der Waals surface area contributed by atoms with Gasteiger partial charge < -0.3 is 5.11 Å². The van der Waals surface area contributed by atoms with Crippen molar-refractivity contribution in [3.05, 3.63) is 5.01 Å². The van der Waals surface area contributed by atoms with Gasteiger partial charge in [-0.15, -0.1) is 10.2 Å². The Kier molecular flexibility index (Phi) is 5.75. The highest BCUT2D eigenvalue weighted by Crippen LogP contribution is 2.34. The number of hydrogen-bond acceptors (Lipinski definition) is 6. The molecule has 0 bridgehead atoms. The van der Waals surface area contributed by atoms with E-state index in [-0.39, 0.29) is 23.3 Å². The molecule has 130 valence electrons. The summed E-state index contributed by atoms with van der Waals surface area (Å²) < 4.78 is 0. The minimum atomic E-state index is -0.0543. The van der Waals surface area contributed by atoms with Gasteiger partial charge in [0.25, 0.3) is 0 Å². The van der Waals surface area contributed by atoms with Gasteiger partial charge in [0.05, 0.1) is 6.54 Å². The first kappa shape index (κ1) is 18.3. The van der Waals surface area contributed by atoms with Gasteiger partial charge in [-0.25, -0.2) is 0 Å². The largest absolute Gasteiger partial charge is 0.396 e. The molecule has 1 aromatic rings. The van der Waals surface area contributed by atoms with Crippen molar-refractivity contribution in [3.8, 4) is 0 Å². The molecule has 0 saturated carbocycles. The van der Waals surface area contributed by atoms with Crippen molar-refractivity contribution in [2.45, 2.75) is 52.4 Å². The first-order valence-corrected chi connectivity index (χ1v) is 9.07. The standard InChI is InChI=1S/C16H28N4O2S/c1-5-16(11-21)6-8-20(9-7-16)10-12(22)17-14-19-18-13(23-14)15(2,3)4/h21H,5-11H2,1-4H3,(H,17,19,22). The minimum absolute atomic E-state index is 0.0467. The summed E-state index contributed by atoms with van der Waals surface area (Å²) >= 11 is 1.43. The number of aliphatic hydroxyl groups is 1. The SMILES string of the molecule is CCC1(CO)CCN(CC(=O)Nc2nnc(C(C)(C)C)s2)CC1. The molecule has 2 N–H and O–H groups in total. The summed E-state index contributed by atoms with van der Waals surface area (Å²) in [7, 11) is 0. The fraction of sp³-hybridized carbons (Fsp3) is 0.812. The van der Waals surface area contributed by atoms with Gasteiger partial charge >= 0.3 is 0 Å². The summed E-state index contributed by atoms with van der Waals surface area (Å²) in [5, 5.41) is 22.1. The lowest BCUT2D eigenvalue weighted by Gasteiger charge is -2.39. The number of carbonyl (C=O) groups excluding carboxylic acids is 1. The summed E-state index contributed by atoms with van der Waals surface area (Å²) in [5.74, 6) is -0.0467. The van der Waals surface area contributed by atoms with Crippen LogP contribution in [0, 0.1) is 5.41 Å². The van der Waals surface area contributed by atoms with E-state index < -0.39 is 0 Å². The van der Waals surface area contributed by atoms with Crippen LogP contribution in [0.2, 0.25) is 0 Å². The Morgan fingerprint density at radius 2 is 2.00 bits per heavy atom. The van der Waals surface area contributed by atoms with Gasteiger partial charge in [-0.3, -0.25) is 15.0 Å². The van der Waals surface area contributed by atoms with Crippen molar-refractivity contribution in [2.75, 3.05) is 31.6 Å². The maximum absolute atomic E-state index is 12.2. The number of anilines is 1. The lowest BCUT2D eigenvalue weighted by molar-refractivity contribution is -0.118. The fourth-order valence-corrected chi connectivity index (χ4v) is 3.57. The molecule has 2 rings (SSSR count). The predicted octanol–water partition coefficient (Wildman–Crippen LogP) is 2.26. The van der Waals surface area contributed by atoms with Crippen LogP contribution in [-0.4, -0.2) is 52.4 Å². The molecule has 0 unspecified atom stereocenters. The molecule has 0 atom stereocenters. The van der Waals surface area contributed by atoms with E-state index in [0.717, 1.165) is 37.4 Å². The number of carbonyl (C=O) groups is 1. The molecular formula is C16H28N4O2S. The molecule has 23 heavy (non-hydrogen) atoms. The van der Waals surface area contributed by atoms with Crippen molar-refractivity contribution in [3.63, 3.8) is 0 Å². The Morgan fingerprint density at radius 3 is 2.48 bits per heavy atom. The van der Waals surface area contributed by atoms with E-state index in [0.29, 0.717) is 11.7 Å². The Hall–Kier alpha value is -1.05. The third-order valence-electron chi connectivity index (χ3n) is 4.68. The van der Waals surface area contributed by atoms with E-state index in [1.165, 1.54) is 11.3 Å². The summed E-state index contributed by atoms with van der Waals surface area (Å²) in [5.41, 5.74) is -0.00486. The summed E-state index contributed by atoms with van der Waals surface area (Å²) in [6, 6.07) is 0. The minimum Gasteiger partial charge on any atom is -0.396 e. The van der Waals surface area contributed by atoms with Crippen LogP contribution < -0.4 is 5.32 Å². The van der Waals surface area contributed by atoms with Crippen molar-refractivity contribution >= 4 is 22.4 Å². The van der Waals surface area contributed by atoms with Crippen molar-refractivity contribution < 1.29 is 9.90 Å². The number of aromatic nitrogens is 2. The Morgan fingerprint density at radius 1 is 1.35 bits per heavy atom. The molecule has 6 nitrogen and oxygen atoms in total.